The summed E-state index contributed by atoms with van der Waals surface area (Å²) < 4.78 is 0. The van der Waals surface area contributed by atoms with Crippen LogP contribution in [0.2, 0.25) is 0 Å². The Morgan fingerprint density at radius 2 is 1.76 bits per heavy atom. The monoisotopic (exact) mass is 289 g/mol. The summed E-state index contributed by atoms with van der Waals surface area (Å²) >= 11 is 0. The van der Waals surface area contributed by atoms with Crippen LogP contribution >= 0.6 is 0 Å². The van der Waals surface area contributed by atoms with Gasteiger partial charge in [-0.15, -0.1) is 0 Å². The number of hydrogen-bond acceptors (Lipinski definition) is 3. The zero-order valence-electron chi connectivity index (χ0n) is 13.1. The van der Waals surface area contributed by atoms with Crippen LogP contribution in [0.1, 0.15) is 45.2 Å². The Kier molecular flexibility index (Phi) is 6.59. The standard InChI is InChI=1S/C16H23N3O2/c1-5-6-13-7-9-14(10-8-13)12(4)18-19-16(21)15(20)17-11(2)3/h7-11H,5-6H2,1-4H3,(H,17,20)(H,19,21)/b18-12-. The fraction of sp³-hybridized carbons (Fsp3) is 0.438. The zero-order chi connectivity index (χ0) is 15.8. The van der Waals surface area contributed by atoms with Gasteiger partial charge in [0.25, 0.3) is 0 Å². The summed E-state index contributed by atoms with van der Waals surface area (Å²) in [7, 11) is 0. The average molecular weight is 289 g/mol. The lowest BCUT2D eigenvalue weighted by Gasteiger charge is -2.07. The van der Waals surface area contributed by atoms with Crippen LogP contribution in [-0.4, -0.2) is 23.6 Å². The first-order valence-corrected chi connectivity index (χ1v) is 7.18. The van der Waals surface area contributed by atoms with Crippen LogP contribution in [0.15, 0.2) is 29.4 Å². The molecule has 0 spiro atoms. The molecule has 21 heavy (non-hydrogen) atoms. The van der Waals surface area contributed by atoms with Gasteiger partial charge in [-0.3, -0.25) is 9.59 Å². The summed E-state index contributed by atoms with van der Waals surface area (Å²) in [6, 6.07) is 7.93. The second kappa shape index (κ2) is 8.19. The van der Waals surface area contributed by atoms with Crippen LogP contribution in [0.25, 0.3) is 0 Å². The van der Waals surface area contributed by atoms with Gasteiger partial charge in [-0.05, 0) is 38.3 Å². The Balaban J connectivity index is 2.63. The Bertz CT molecular complexity index is 519. The molecule has 1 aromatic rings. The van der Waals surface area contributed by atoms with Crippen molar-refractivity contribution in [2.45, 2.75) is 46.6 Å². The Morgan fingerprint density at radius 1 is 1.14 bits per heavy atom. The normalized spacial score (nSPS) is 11.4. The minimum Gasteiger partial charge on any atom is -0.346 e. The van der Waals surface area contributed by atoms with Gasteiger partial charge in [0.1, 0.15) is 0 Å². The molecule has 0 fully saturated rings. The van der Waals surface area contributed by atoms with Gasteiger partial charge in [-0.1, -0.05) is 37.6 Å². The van der Waals surface area contributed by atoms with Crippen molar-refractivity contribution in [2.75, 3.05) is 0 Å². The molecule has 2 amide bonds. The number of benzene rings is 1. The van der Waals surface area contributed by atoms with Crippen LogP contribution in [0.5, 0.6) is 0 Å². The largest absolute Gasteiger partial charge is 0.346 e. The Labute approximate surface area is 125 Å². The predicted octanol–water partition coefficient (Wildman–Crippen LogP) is 2.00. The van der Waals surface area contributed by atoms with Gasteiger partial charge in [-0.2, -0.15) is 5.10 Å². The summed E-state index contributed by atoms with van der Waals surface area (Å²) in [5, 5.41) is 6.46. The van der Waals surface area contributed by atoms with Gasteiger partial charge in [0.05, 0.1) is 5.71 Å². The molecule has 1 rings (SSSR count). The highest BCUT2D eigenvalue weighted by Gasteiger charge is 2.13. The molecule has 0 aliphatic rings. The van der Waals surface area contributed by atoms with E-state index >= 15 is 0 Å². The number of carbonyl (C=O) groups is 2. The fourth-order valence-electron chi connectivity index (χ4n) is 1.78. The lowest BCUT2D eigenvalue weighted by molar-refractivity contribution is -0.139. The van der Waals surface area contributed by atoms with Crippen molar-refractivity contribution in [1.29, 1.82) is 0 Å². The van der Waals surface area contributed by atoms with E-state index in [-0.39, 0.29) is 6.04 Å². The molecule has 0 atom stereocenters. The van der Waals surface area contributed by atoms with E-state index in [1.165, 1.54) is 5.56 Å². The number of rotatable bonds is 5. The molecule has 0 saturated heterocycles. The molecule has 0 aliphatic heterocycles. The van der Waals surface area contributed by atoms with Crippen LogP contribution < -0.4 is 10.7 Å². The lowest BCUT2D eigenvalue weighted by atomic mass is 10.1. The molecule has 114 valence electrons. The maximum Gasteiger partial charge on any atom is 0.329 e. The van der Waals surface area contributed by atoms with Crippen LogP contribution in [0.4, 0.5) is 0 Å². The molecule has 5 heteroatoms. The van der Waals surface area contributed by atoms with E-state index in [2.05, 4.69) is 22.8 Å². The molecule has 0 saturated carbocycles. The molecule has 2 N–H and O–H groups in total. The first kappa shape index (κ1) is 16.9. The number of amides is 2. The van der Waals surface area contributed by atoms with Crippen LogP contribution in [0, 0.1) is 0 Å². The van der Waals surface area contributed by atoms with Crippen molar-refractivity contribution in [1.82, 2.24) is 10.7 Å². The van der Waals surface area contributed by atoms with Crippen molar-refractivity contribution in [3.63, 3.8) is 0 Å². The molecule has 0 bridgehead atoms. The molecule has 0 aliphatic carbocycles. The molecule has 5 nitrogen and oxygen atoms in total. The second-order valence-electron chi connectivity index (χ2n) is 5.21. The Hall–Kier alpha value is -2.17. The van der Waals surface area contributed by atoms with Crippen molar-refractivity contribution in [3.05, 3.63) is 35.4 Å². The highest BCUT2D eigenvalue weighted by Crippen LogP contribution is 2.07. The third-order valence-corrected chi connectivity index (χ3v) is 2.86. The maximum absolute atomic E-state index is 11.5. The minimum absolute atomic E-state index is 0.0839. The number of carbonyl (C=O) groups excluding carboxylic acids is 2. The van der Waals surface area contributed by atoms with E-state index in [4.69, 9.17) is 0 Å². The molecule has 1 aromatic carbocycles. The van der Waals surface area contributed by atoms with Crippen molar-refractivity contribution < 1.29 is 9.59 Å². The van der Waals surface area contributed by atoms with Gasteiger partial charge < -0.3 is 5.32 Å². The summed E-state index contributed by atoms with van der Waals surface area (Å²) in [5.41, 5.74) is 5.11. The van der Waals surface area contributed by atoms with Crippen molar-refractivity contribution in [2.24, 2.45) is 5.10 Å². The Morgan fingerprint density at radius 3 is 2.29 bits per heavy atom. The average Bonchev–Trinajstić information content (AvgIpc) is 2.44. The second-order valence-corrected chi connectivity index (χ2v) is 5.21. The summed E-state index contributed by atoms with van der Waals surface area (Å²) in [5.74, 6) is -1.44. The summed E-state index contributed by atoms with van der Waals surface area (Å²) in [6.07, 6.45) is 2.15. The first-order chi connectivity index (χ1) is 9.93. The number of hydrogen-bond donors (Lipinski definition) is 2. The molecular formula is C16H23N3O2. The molecular weight excluding hydrogens is 266 g/mol. The number of nitrogens with zero attached hydrogens (tertiary/aromatic N) is 1. The molecule has 0 aromatic heterocycles. The SMILES string of the molecule is CCCc1ccc(/C(C)=N\NC(=O)C(=O)NC(C)C)cc1. The number of nitrogens with one attached hydrogen (secondary N) is 2. The summed E-state index contributed by atoms with van der Waals surface area (Å²) in [4.78, 5) is 22.9. The topological polar surface area (TPSA) is 70.6 Å². The van der Waals surface area contributed by atoms with E-state index in [9.17, 15) is 9.59 Å². The van der Waals surface area contributed by atoms with Crippen molar-refractivity contribution >= 4 is 17.5 Å². The van der Waals surface area contributed by atoms with E-state index in [0.717, 1.165) is 18.4 Å². The third-order valence-electron chi connectivity index (χ3n) is 2.86. The van der Waals surface area contributed by atoms with Crippen LogP contribution in [-0.2, 0) is 16.0 Å². The number of aryl methyl sites for hydroxylation is 1. The highest BCUT2D eigenvalue weighted by molar-refractivity contribution is 6.35. The van der Waals surface area contributed by atoms with Crippen LogP contribution in [0.3, 0.4) is 0 Å². The van der Waals surface area contributed by atoms with Gasteiger partial charge in [0.2, 0.25) is 0 Å². The first-order valence-electron chi connectivity index (χ1n) is 7.18. The smallest absolute Gasteiger partial charge is 0.329 e. The fourth-order valence-corrected chi connectivity index (χ4v) is 1.78. The van der Waals surface area contributed by atoms with E-state index in [1.807, 2.05) is 24.3 Å². The summed E-state index contributed by atoms with van der Waals surface area (Å²) in [6.45, 7) is 7.50. The zero-order valence-corrected chi connectivity index (χ0v) is 13.1. The van der Waals surface area contributed by atoms with Gasteiger partial charge in [0.15, 0.2) is 0 Å². The van der Waals surface area contributed by atoms with E-state index in [0.29, 0.717) is 5.71 Å². The molecule has 0 heterocycles. The van der Waals surface area contributed by atoms with E-state index in [1.54, 1.807) is 20.8 Å². The third kappa shape index (κ3) is 5.77. The number of hydrazone groups is 1. The lowest BCUT2D eigenvalue weighted by Crippen LogP contribution is -2.41. The predicted molar refractivity (Wildman–Crippen MR) is 84.1 cm³/mol. The van der Waals surface area contributed by atoms with Crippen molar-refractivity contribution in [3.8, 4) is 0 Å². The maximum atomic E-state index is 11.5. The van der Waals surface area contributed by atoms with Gasteiger partial charge in [-0.25, -0.2) is 5.43 Å². The minimum atomic E-state index is -0.759. The van der Waals surface area contributed by atoms with Gasteiger partial charge in [0, 0.05) is 6.04 Å². The highest BCUT2D eigenvalue weighted by atomic mass is 16.2. The van der Waals surface area contributed by atoms with Gasteiger partial charge >= 0.3 is 11.8 Å². The van der Waals surface area contributed by atoms with E-state index < -0.39 is 11.8 Å². The molecule has 0 unspecified atom stereocenters. The molecule has 0 radical (unpaired) electrons. The quantitative estimate of drug-likeness (QED) is 0.494.